The molecule has 3 aromatic heterocycles. The van der Waals surface area contributed by atoms with E-state index in [1.807, 2.05) is 13.8 Å². The lowest BCUT2D eigenvalue weighted by molar-refractivity contribution is 0.0945. The third-order valence-corrected chi connectivity index (χ3v) is 3.82. The zero-order valence-electron chi connectivity index (χ0n) is 14.9. The van der Waals surface area contributed by atoms with Gasteiger partial charge in [-0.3, -0.25) is 9.69 Å². The van der Waals surface area contributed by atoms with Gasteiger partial charge in [-0.05, 0) is 35.5 Å². The fourth-order valence-corrected chi connectivity index (χ4v) is 2.36. The van der Waals surface area contributed by atoms with Gasteiger partial charge in [0.15, 0.2) is 5.69 Å². The highest BCUT2D eigenvalue weighted by Crippen LogP contribution is 2.17. The van der Waals surface area contributed by atoms with Crippen LogP contribution in [-0.2, 0) is 6.54 Å². The lowest BCUT2D eigenvalue weighted by Gasteiger charge is -2.16. The molecule has 0 atom stereocenters. The second-order valence-corrected chi connectivity index (χ2v) is 5.45. The Kier molecular flexibility index (Phi) is 5.56. The summed E-state index contributed by atoms with van der Waals surface area (Å²) >= 11 is 0. The first-order valence-corrected chi connectivity index (χ1v) is 8.26. The summed E-state index contributed by atoms with van der Waals surface area (Å²) in [7, 11) is 0. The van der Waals surface area contributed by atoms with Crippen LogP contribution in [0.15, 0.2) is 32.5 Å². The van der Waals surface area contributed by atoms with Crippen molar-refractivity contribution < 1.29 is 13.8 Å². The first-order chi connectivity index (χ1) is 13.1. The lowest BCUT2D eigenvalue weighted by atomic mass is 10.2. The van der Waals surface area contributed by atoms with Crippen molar-refractivity contribution in [1.82, 2.24) is 35.6 Å². The van der Waals surface area contributed by atoms with E-state index in [0.717, 1.165) is 13.1 Å². The van der Waals surface area contributed by atoms with Crippen LogP contribution in [0.4, 0.5) is 5.82 Å². The standard InChI is InChI=1S/C15H19N9O3/c1-3-23(4-2)9-11-12(15(25)19-17-8-10-6-5-7-26-10)24(22-18-11)14-13(16)20-27-21-14/h5-8H,3-4,9H2,1-2H3,(H2,16,20)(H,19,25)/b17-8-. The molecule has 0 saturated carbocycles. The van der Waals surface area contributed by atoms with Crippen molar-refractivity contribution in [2.75, 3.05) is 18.8 Å². The Hall–Kier alpha value is -3.54. The molecule has 0 saturated heterocycles. The van der Waals surface area contributed by atoms with E-state index in [-0.39, 0.29) is 17.3 Å². The molecule has 0 bridgehead atoms. The number of furan rings is 1. The molecule has 3 aromatic rings. The monoisotopic (exact) mass is 373 g/mol. The molecule has 27 heavy (non-hydrogen) atoms. The first kappa shape index (κ1) is 18.3. The van der Waals surface area contributed by atoms with Gasteiger partial charge in [0, 0.05) is 6.54 Å². The largest absolute Gasteiger partial charge is 0.463 e. The number of carbonyl (C=O) groups excluding carboxylic acids is 1. The fraction of sp³-hybridized carbons (Fsp3) is 0.333. The van der Waals surface area contributed by atoms with E-state index >= 15 is 0 Å². The van der Waals surface area contributed by atoms with Crippen molar-refractivity contribution in [3.8, 4) is 5.82 Å². The normalized spacial score (nSPS) is 11.5. The maximum absolute atomic E-state index is 12.7. The Morgan fingerprint density at radius 2 is 2.22 bits per heavy atom. The maximum atomic E-state index is 12.7. The van der Waals surface area contributed by atoms with Crippen LogP contribution in [0.25, 0.3) is 5.82 Å². The zero-order valence-corrected chi connectivity index (χ0v) is 14.9. The quantitative estimate of drug-likeness (QED) is 0.422. The molecule has 3 rings (SSSR count). The summed E-state index contributed by atoms with van der Waals surface area (Å²) in [6.45, 7) is 6.02. The highest BCUT2D eigenvalue weighted by Gasteiger charge is 2.25. The van der Waals surface area contributed by atoms with Crippen LogP contribution in [0.5, 0.6) is 0 Å². The summed E-state index contributed by atoms with van der Waals surface area (Å²) < 4.78 is 10.9. The molecular formula is C15H19N9O3. The molecule has 12 nitrogen and oxygen atoms in total. The Morgan fingerprint density at radius 1 is 1.41 bits per heavy atom. The van der Waals surface area contributed by atoms with E-state index in [0.29, 0.717) is 18.0 Å². The van der Waals surface area contributed by atoms with Gasteiger partial charge in [-0.25, -0.2) is 10.1 Å². The van der Waals surface area contributed by atoms with Crippen LogP contribution in [0.3, 0.4) is 0 Å². The summed E-state index contributed by atoms with van der Waals surface area (Å²) in [6, 6.07) is 3.42. The first-order valence-electron chi connectivity index (χ1n) is 8.26. The van der Waals surface area contributed by atoms with Crippen molar-refractivity contribution in [3.05, 3.63) is 35.5 Å². The molecular weight excluding hydrogens is 354 g/mol. The van der Waals surface area contributed by atoms with Gasteiger partial charge < -0.3 is 10.2 Å². The van der Waals surface area contributed by atoms with Crippen LogP contribution in [0, 0.1) is 0 Å². The Bertz CT molecular complexity index is 909. The number of nitrogens with zero attached hydrogens (tertiary/aromatic N) is 7. The molecule has 0 aliphatic heterocycles. The number of hydrazone groups is 1. The third-order valence-electron chi connectivity index (χ3n) is 3.82. The molecule has 3 heterocycles. The van der Waals surface area contributed by atoms with E-state index < -0.39 is 5.91 Å². The van der Waals surface area contributed by atoms with Gasteiger partial charge in [-0.2, -0.15) is 9.78 Å². The van der Waals surface area contributed by atoms with Gasteiger partial charge in [-0.15, -0.1) is 5.10 Å². The number of hydrogen-bond acceptors (Lipinski definition) is 10. The molecule has 0 radical (unpaired) electrons. The van der Waals surface area contributed by atoms with Crippen molar-refractivity contribution in [2.24, 2.45) is 5.10 Å². The number of aromatic nitrogens is 5. The van der Waals surface area contributed by atoms with Gasteiger partial charge in [0.05, 0.1) is 12.5 Å². The molecule has 0 fully saturated rings. The van der Waals surface area contributed by atoms with Gasteiger partial charge >= 0.3 is 0 Å². The Morgan fingerprint density at radius 3 is 2.85 bits per heavy atom. The number of carbonyl (C=O) groups is 1. The maximum Gasteiger partial charge on any atom is 0.292 e. The highest BCUT2D eigenvalue weighted by atomic mass is 16.6. The second kappa shape index (κ2) is 8.23. The summed E-state index contributed by atoms with van der Waals surface area (Å²) in [5, 5.41) is 19.2. The molecule has 0 unspecified atom stereocenters. The molecule has 1 amide bonds. The minimum absolute atomic E-state index is 0.0116. The van der Waals surface area contributed by atoms with Gasteiger partial charge in [0.2, 0.25) is 11.6 Å². The summed E-state index contributed by atoms with van der Waals surface area (Å²) in [4.78, 5) is 14.8. The fourth-order valence-electron chi connectivity index (χ4n) is 2.36. The molecule has 0 aromatic carbocycles. The zero-order chi connectivity index (χ0) is 19.2. The molecule has 0 spiro atoms. The molecule has 0 aliphatic rings. The number of anilines is 1. The van der Waals surface area contributed by atoms with E-state index in [2.05, 4.69) is 40.7 Å². The molecule has 3 N–H and O–H groups in total. The molecule has 0 aliphatic carbocycles. The Balaban J connectivity index is 1.90. The summed E-state index contributed by atoms with van der Waals surface area (Å²) in [5.41, 5.74) is 8.75. The van der Waals surface area contributed by atoms with Crippen molar-refractivity contribution in [2.45, 2.75) is 20.4 Å². The third kappa shape index (κ3) is 4.00. The van der Waals surface area contributed by atoms with Crippen LogP contribution in [0.2, 0.25) is 0 Å². The summed E-state index contributed by atoms with van der Waals surface area (Å²) in [5.74, 6) is 0.0264. The number of nitrogens with one attached hydrogen (secondary N) is 1. The van der Waals surface area contributed by atoms with Gasteiger partial charge in [0.25, 0.3) is 5.91 Å². The van der Waals surface area contributed by atoms with E-state index in [1.54, 1.807) is 12.1 Å². The van der Waals surface area contributed by atoms with Gasteiger partial charge in [-0.1, -0.05) is 19.1 Å². The predicted molar refractivity (Wildman–Crippen MR) is 94.0 cm³/mol. The van der Waals surface area contributed by atoms with E-state index in [9.17, 15) is 4.79 Å². The minimum atomic E-state index is -0.535. The SMILES string of the molecule is CCN(CC)Cc1nnn(-c2nonc2N)c1C(=O)N/N=C\c1ccco1. The highest BCUT2D eigenvalue weighted by molar-refractivity contribution is 5.94. The van der Waals surface area contributed by atoms with Crippen LogP contribution >= 0.6 is 0 Å². The molecule has 12 heteroatoms. The van der Waals surface area contributed by atoms with Gasteiger partial charge in [0.1, 0.15) is 11.5 Å². The van der Waals surface area contributed by atoms with Crippen molar-refractivity contribution in [1.29, 1.82) is 0 Å². The molecule has 142 valence electrons. The topological polar surface area (TPSA) is 153 Å². The number of nitrogen functional groups attached to an aromatic ring is 1. The number of amides is 1. The smallest absolute Gasteiger partial charge is 0.292 e. The average Bonchev–Trinajstić information content (AvgIpc) is 3.40. The second-order valence-electron chi connectivity index (χ2n) is 5.45. The number of rotatable bonds is 8. The van der Waals surface area contributed by atoms with E-state index in [4.69, 9.17) is 10.2 Å². The number of hydrogen-bond donors (Lipinski definition) is 2. The minimum Gasteiger partial charge on any atom is -0.463 e. The number of nitrogens with two attached hydrogens (primary N) is 1. The summed E-state index contributed by atoms with van der Waals surface area (Å²) in [6.07, 6.45) is 2.88. The van der Waals surface area contributed by atoms with E-state index in [1.165, 1.54) is 17.2 Å². The van der Waals surface area contributed by atoms with Crippen molar-refractivity contribution >= 4 is 17.9 Å². The Labute approximate surface area is 154 Å². The van der Waals surface area contributed by atoms with Crippen LogP contribution < -0.4 is 11.2 Å². The van der Waals surface area contributed by atoms with Crippen LogP contribution in [0.1, 0.15) is 35.8 Å². The average molecular weight is 373 g/mol. The van der Waals surface area contributed by atoms with Crippen molar-refractivity contribution in [3.63, 3.8) is 0 Å². The van der Waals surface area contributed by atoms with Crippen LogP contribution in [-0.4, -0.2) is 55.4 Å². The lowest BCUT2D eigenvalue weighted by Crippen LogP contribution is -2.27. The predicted octanol–water partition coefficient (Wildman–Crippen LogP) is 0.431.